The van der Waals surface area contributed by atoms with Crippen molar-refractivity contribution in [3.8, 4) is 0 Å². The number of nitro benzene ring substituents is 1. The van der Waals surface area contributed by atoms with Crippen LogP contribution in [0.5, 0.6) is 0 Å². The second-order valence-electron chi connectivity index (χ2n) is 4.24. The van der Waals surface area contributed by atoms with Crippen molar-refractivity contribution >= 4 is 34.8 Å². The molecule has 0 unspecified atom stereocenters. The predicted molar refractivity (Wildman–Crippen MR) is 76.0 cm³/mol. The zero-order valence-electron chi connectivity index (χ0n) is 10.6. The third-order valence-electron chi connectivity index (χ3n) is 2.96. The lowest BCUT2D eigenvalue weighted by atomic mass is 9.93. The summed E-state index contributed by atoms with van der Waals surface area (Å²) in [6, 6.07) is 5.32. The third-order valence-corrected chi connectivity index (χ3v) is 3.35. The Morgan fingerprint density at radius 1 is 1.40 bits per heavy atom. The molecule has 0 aromatic heterocycles. The van der Waals surface area contributed by atoms with Crippen LogP contribution in [0.4, 0.5) is 5.69 Å². The maximum atomic E-state index is 11.4. The van der Waals surface area contributed by atoms with Crippen molar-refractivity contribution in [1.82, 2.24) is 5.32 Å². The maximum absolute atomic E-state index is 11.4. The molecule has 0 saturated carbocycles. The molecule has 0 spiro atoms. The molecule has 2 atom stereocenters. The van der Waals surface area contributed by atoms with Crippen LogP contribution >= 0.6 is 23.2 Å². The van der Waals surface area contributed by atoms with Gasteiger partial charge in [-0.15, -0.1) is 0 Å². The number of non-ortho nitro benzene ring substituents is 1. The van der Waals surface area contributed by atoms with Crippen LogP contribution in [0, 0.1) is 10.1 Å². The minimum Gasteiger partial charge on any atom is -0.394 e. The fourth-order valence-corrected chi connectivity index (χ4v) is 1.83. The molecule has 0 aliphatic rings. The third kappa shape index (κ3) is 4.33. The molecule has 0 saturated heterocycles. The predicted octanol–water partition coefficient (Wildman–Crippen LogP) is 1.98. The van der Waals surface area contributed by atoms with E-state index in [-0.39, 0.29) is 18.2 Å². The van der Waals surface area contributed by atoms with Crippen molar-refractivity contribution in [3.05, 3.63) is 39.9 Å². The minimum atomic E-state index is -1.21. The van der Waals surface area contributed by atoms with E-state index < -0.39 is 21.7 Å². The molecule has 0 bridgehead atoms. The van der Waals surface area contributed by atoms with Gasteiger partial charge in [0.15, 0.2) is 4.84 Å². The van der Waals surface area contributed by atoms with E-state index in [1.807, 2.05) is 0 Å². The Morgan fingerprint density at radius 3 is 2.35 bits per heavy atom. The highest BCUT2D eigenvalue weighted by Crippen LogP contribution is 2.22. The fraction of sp³-hybridized carbons (Fsp3) is 0.417. The van der Waals surface area contributed by atoms with E-state index in [1.54, 1.807) is 19.1 Å². The van der Waals surface area contributed by atoms with Crippen molar-refractivity contribution in [3.63, 3.8) is 0 Å². The average molecular weight is 321 g/mol. The van der Waals surface area contributed by atoms with E-state index in [2.05, 4.69) is 5.32 Å². The topological polar surface area (TPSA) is 92.5 Å². The number of amides is 1. The second-order valence-corrected chi connectivity index (χ2v) is 5.33. The number of nitrogens with one attached hydrogen (secondary N) is 1. The van der Waals surface area contributed by atoms with Gasteiger partial charge in [-0.3, -0.25) is 14.9 Å². The first-order valence-corrected chi connectivity index (χ1v) is 6.67. The van der Waals surface area contributed by atoms with Crippen LogP contribution in [0.1, 0.15) is 18.4 Å². The van der Waals surface area contributed by atoms with E-state index in [9.17, 15) is 20.0 Å². The minimum absolute atomic E-state index is 0.0212. The van der Waals surface area contributed by atoms with Gasteiger partial charge in [0, 0.05) is 18.1 Å². The summed E-state index contributed by atoms with van der Waals surface area (Å²) in [4.78, 5) is 20.3. The number of alkyl halides is 2. The summed E-state index contributed by atoms with van der Waals surface area (Å²) in [6.07, 6.45) is 0. The van der Waals surface area contributed by atoms with Gasteiger partial charge in [0.1, 0.15) is 0 Å². The lowest BCUT2D eigenvalue weighted by molar-refractivity contribution is -0.384. The Hall–Kier alpha value is -1.37. The number of rotatable bonds is 6. The van der Waals surface area contributed by atoms with E-state index in [0.29, 0.717) is 0 Å². The molecular weight excluding hydrogens is 307 g/mol. The second kappa shape index (κ2) is 7.42. The smallest absolute Gasteiger partial charge is 0.269 e. The van der Waals surface area contributed by atoms with Gasteiger partial charge in [0.25, 0.3) is 11.6 Å². The molecule has 0 heterocycles. The number of nitro groups is 1. The number of benzene rings is 1. The van der Waals surface area contributed by atoms with Gasteiger partial charge in [-0.05, 0) is 5.56 Å². The number of aliphatic hydroxyl groups excluding tert-OH is 1. The number of nitrogens with zero attached hydrogens (tertiary/aromatic N) is 1. The molecule has 110 valence electrons. The van der Waals surface area contributed by atoms with Gasteiger partial charge in [-0.2, -0.15) is 0 Å². The number of hydrogen-bond donors (Lipinski definition) is 2. The van der Waals surface area contributed by atoms with Gasteiger partial charge in [-0.1, -0.05) is 42.3 Å². The van der Waals surface area contributed by atoms with E-state index in [0.717, 1.165) is 5.56 Å². The highest BCUT2D eigenvalue weighted by atomic mass is 35.5. The molecule has 1 aromatic rings. The van der Waals surface area contributed by atoms with Crippen LogP contribution < -0.4 is 5.32 Å². The van der Waals surface area contributed by atoms with E-state index >= 15 is 0 Å². The van der Waals surface area contributed by atoms with Gasteiger partial charge >= 0.3 is 0 Å². The Bertz CT molecular complexity index is 479. The summed E-state index contributed by atoms with van der Waals surface area (Å²) >= 11 is 10.9. The molecule has 0 aliphatic heterocycles. The van der Waals surface area contributed by atoms with Crippen LogP contribution in [0.25, 0.3) is 0 Å². The Kier molecular flexibility index (Phi) is 6.19. The number of aliphatic hydroxyl groups is 1. The van der Waals surface area contributed by atoms with Gasteiger partial charge in [0.05, 0.1) is 17.6 Å². The highest BCUT2D eigenvalue weighted by molar-refractivity contribution is 6.53. The van der Waals surface area contributed by atoms with E-state index in [4.69, 9.17) is 23.2 Å². The first-order valence-electron chi connectivity index (χ1n) is 5.80. The van der Waals surface area contributed by atoms with Crippen LogP contribution in [-0.4, -0.2) is 33.4 Å². The largest absolute Gasteiger partial charge is 0.394 e. The van der Waals surface area contributed by atoms with Crippen molar-refractivity contribution < 1.29 is 14.8 Å². The number of carbonyl (C=O) groups is 1. The summed E-state index contributed by atoms with van der Waals surface area (Å²) in [7, 11) is 0. The van der Waals surface area contributed by atoms with Crippen LogP contribution in [-0.2, 0) is 4.79 Å². The first kappa shape index (κ1) is 16.7. The summed E-state index contributed by atoms with van der Waals surface area (Å²) in [5.74, 6) is -0.849. The fourth-order valence-electron chi connectivity index (χ4n) is 1.71. The number of carbonyl (C=O) groups excluding carboxylic acids is 1. The standard InChI is InChI=1S/C12H14Cl2N2O4/c1-7(10(6-17)15-12(18)11(13)14)8-2-4-9(5-3-8)16(19)20/h2-5,7,10-11,17H,6H2,1H3,(H,15,18)/t7-,10-/m1/s1. The number of halogens is 2. The monoisotopic (exact) mass is 320 g/mol. The summed E-state index contributed by atoms with van der Waals surface area (Å²) in [5.41, 5.74) is 0.725. The average Bonchev–Trinajstić information content (AvgIpc) is 2.43. The molecule has 0 aliphatic carbocycles. The summed E-state index contributed by atoms with van der Waals surface area (Å²) in [5, 5.41) is 22.4. The van der Waals surface area contributed by atoms with Gasteiger partial charge in [-0.25, -0.2) is 0 Å². The molecule has 2 N–H and O–H groups in total. The summed E-state index contributed by atoms with van der Waals surface area (Å²) < 4.78 is 0. The highest BCUT2D eigenvalue weighted by Gasteiger charge is 2.23. The van der Waals surface area contributed by atoms with Crippen molar-refractivity contribution in [2.45, 2.75) is 23.7 Å². The summed E-state index contributed by atoms with van der Waals surface area (Å²) in [6.45, 7) is 1.48. The molecule has 1 rings (SSSR count). The van der Waals surface area contributed by atoms with Crippen LogP contribution in [0.15, 0.2) is 24.3 Å². The first-order chi connectivity index (χ1) is 9.36. The zero-order valence-corrected chi connectivity index (χ0v) is 12.1. The Labute approximate surface area is 125 Å². The SMILES string of the molecule is C[C@H](c1ccc([N+](=O)[O-])cc1)[C@@H](CO)NC(=O)C(Cl)Cl. The lowest BCUT2D eigenvalue weighted by Crippen LogP contribution is -2.43. The Balaban J connectivity index is 2.82. The maximum Gasteiger partial charge on any atom is 0.269 e. The molecule has 1 amide bonds. The number of hydrogen-bond acceptors (Lipinski definition) is 4. The van der Waals surface area contributed by atoms with Crippen molar-refractivity contribution in [1.29, 1.82) is 0 Å². The Morgan fingerprint density at radius 2 is 1.95 bits per heavy atom. The molecule has 6 nitrogen and oxygen atoms in total. The molecule has 0 fully saturated rings. The van der Waals surface area contributed by atoms with Crippen LogP contribution in [0.2, 0.25) is 0 Å². The molecule has 1 aromatic carbocycles. The van der Waals surface area contributed by atoms with Crippen molar-refractivity contribution in [2.24, 2.45) is 0 Å². The van der Waals surface area contributed by atoms with Gasteiger partial charge < -0.3 is 10.4 Å². The van der Waals surface area contributed by atoms with Gasteiger partial charge in [0.2, 0.25) is 0 Å². The zero-order chi connectivity index (χ0) is 15.3. The molecular formula is C12H14Cl2N2O4. The van der Waals surface area contributed by atoms with Crippen LogP contribution in [0.3, 0.4) is 0 Å². The molecule has 20 heavy (non-hydrogen) atoms. The van der Waals surface area contributed by atoms with E-state index in [1.165, 1.54) is 12.1 Å². The van der Waals surface area contributed by atoms with Crippen molar-refractivity contribution in [2.75, 3.05) is 6.61 Å². The molecule has 8 heteroatoms. The lowest BCUT2D eigenvalue weighted by Gasteiger charge is -2.23. The molecule has 0 radical (unpaired) electrons. The quantitative estimate of drug-likeness (QED) is 0.476. The normalized spacial score (nSPS) is 13.8.